The largest absolute Gasteiger partial charge is 0.476 e. The van der Waals surface area contributed by atoms with Crippen molar-refractivity contribution < 1.29 is 32.1 Å². The van der Waals surface area contributed by atoms with Crippen LogP contribution in [0.1, 0.15) is 5.56 Å². The molecule has 1 aromatic rings. The van der Waals surface area contributed by atoms with Gasteiger partial charge >= 0.3 is 12.1 Å². The van der Waals surface area contributed by atoms with Crippen LogP contribution in [0, 0.1) is 0 Å². The first-order valence-electron chi connectivity index (χ1n) is 6.25. The van der Waals surface area contributed by atoms with E-state index in [9.17, 15) is 13.2 Å². The van der Waals surface area contributed by atoms with Crippen LogP contribution < -0.4 is 4.74 Å². The van der Waals surface area contributed by atoms with E-state index in [2.05, 4.69) is 0 Å². The molecule has 4 nitrogen and oxygen atoms in total. The molecule has 0 saturated heterocycles. The van der Waals surface area contributed by atoms with Gasteiger partial charge in [-0.1, -0.05) is 18.2 Å². The van der Waals surface area contributed by atoms with E-state index in [4.69, 9.17) is 18.9 Å². The maximum atomic E-state index is 13.2. The minimum atomic E-state index is -4.64. The second kappa shape index (κ2) is 4.64. The highest BCUT2D eigenvalue weighted by molar-refractivity contribution is 5.44. The topological polar surface area (TPSA) is 36.9 Å². The fourth-order valence-corrected chi connectivity index (χ4v) is 2.63. The van der Waals surface area contributed by atoms with Gasteiger partial charge in [0.15, 0.2) is 0 Å². The monoisotopic (exact) mass is 302 g/mol. The number of fused-ring (bicyclic) bond motifs is 2. The van der Waals surface area contributed by atoms with Crippen LogP contribution in [0.25, 0.3) is 0 Å². The van der Waals surface area contributed by atoms with Crippen LogP contribution in [0.15, 0.2) is 35.6 Å². The molecule has 0 spiro atoms. The molecule has 3 rings (SSSR count). The van der Waals surface area contributed by atoms with Crippen molar-refractivity contribution in [2.45, 2.75) is 24.7 Å². The minimum absolute atomic E-state index is 0.0232. The Morgan fingerprint density at radius 3 is 2.48 bits per heavy atom. The van der Waals surface area contributed by atoms with Crippen LogP contribution in [0.3, 0.4) is 0 Å². The van der Waals surface area contributed by atoms with E-state index in [0.717, 1.165) is 0 Å². The molecule has 0 saturated carbocycles. The summed E-state index contributed by atoms with van der Waals surface area (Å²) in [7, 11) is 2.43. The number of allylic oxidation sites excluding steroid dienone is 1. The van der Waals surface area contributed by atoms with Gasteiger partial charge in [0.05, 0.1) is 0 Å². The molecular formula is C14H13F3O4. The third kappa shape index (κ3) is 2.08. The van der Waals surface area contributed by atoms with Crippen LogP contribution in [-0.2, 0) is 20.6 Å². The van der Waals surface area contributed by atoms with Gasteiger partial charge in [-0.25, -0.2) is 0 Å². The molecule has 0 amide bonds. The molecule has 0 aromatic heterocycles. The van der Waals surface area contributed by atoms with E-state index in [1.165, 1.54) is 14.2 Å². The van der Waals surface area contributed by atoms with Crippen LogP contribution in [0.5, 0.6) is 5.75 Å². The smallest absolute Gasteiger partial charge is 0.449 e. The Bertz CT molecular complexity index is 590. The summed E-state index contributed by atoms with van der Waals surface area (Å²) in [5.41, 5.74) is 0.641. The first kappa shape index (κ1) is 14.2. The number of hydrogen-bond donors (Lipinski definition) is 0. The molecule has 0 N–H and O–H groups in total. The van der Waals surface area contributed by atoms with E-state index in [-0.39, 0.29) is 12.0 Å². The van der Waals surface area contributed by atoms with Gasteiger partial charge in [-0.2, -0.15) is 13.2 Å². The number of benzene rings is 1. The molecule has 0 radical (unpaired) electrons. The van der Waals surface area contributed by atoms with E-state index in [1.54, 1.807) is 24.3 Å². The van der Waals surface area contributed by atoms with Gasteiger partial charge in [0.25, 0.3) is 0 Å². The zero-order valence-corrected chi connectivity index (χ0v) is 11.4. The highest BCUT2D eigenvalue weighted by atomic mass is 19.4. The van der Waals surface area contributed by atoms with Crippen LogP contribution in [0.4, 0.5) is 13.2 Å². The van der Waals surface area contributed by atoms with Crippen molar-refractivity contribution in [2.75, 3.05) is 14.2 Å². The van der Waals surface area contributed by atoms with E-state index >= 15 is 0 Å². The molecule has 114 valence electrons. The fourth-order valence-electron chi connectivity index (χ4n) is 2.63. The van der Waals surface area contributed by atoms with E-state index in [0.29, 0.717) is 11.3 Å². The summed E-state index contributed by atoms with van der Waals surface area (Å²) >= 11 is 0. The molecule has 2 aliphatic heterocycles. The number of para-hydroxylation sites is 1. The molecule has 0 bridgehead atoms. The predicted molar refractivity (Wildman–Crippen MR) is 65.5 cm³/mol. The Morgan fingerprint density at radius 1 is 1.19 bits per heavy atom. The maximum absolute atomic E-state index is 13.2. The van der Waals surface area contributed by atoms with Crippen molar-refractivity contribution in [1.82, 2.24) is 0 Å². The second-order valence-corrected chi connectivity index (χ2v) is 4.75. The summed E-state index contributed by atoms with van der Waals surface area (Å²) < 4.78 is 60.2. The van der Waals surface area contributed by atoms with Crippen LogP contribution in [0.2, 0.25) is 0 Å². The molecule has 0 fully saturated rings. The van der Waals surface area contributed by atoms with Gasteiger partial charge < -0.3 is 18.9 Å². The van der Waals surface area contributed by atoms with Crippen molar-refractivity contribution in [1.29, 1.82) is 0 Å². The first-order chi connectivity index (χ1) is 9.91. The summed E-state index contributed by atoms with van der Waals surface area (Å²) in [6.45, 7) is 0. The molecule has 1 atom stereocenters. The normalized spacial score (nSPS) is 23.2. The number of hydrogen-bond acceptors (Lipinski definition) is 4. The summed E-state index contributed by atoms with van der Waals surface area (Å²) in [5, 5.41) is 0. The molecule has 1 unspecified atom stereocenters. The van der Waals surface area contributed by atoms with Gasteiger partial charge in [0.1, 0.15) is 5.75 Å². The third-order valence-electron chi connectivity index (χ3n) is 3.60. The van der Waals surface area contributed by atoms with Crippen molar-refractivity contribution in [2.24, 2.45) is 0 Å². The van der Waals surface area contributed by atoms with Crippen LogP contribution in [-0.4, -0.2) is 32.5 Å². The maximum Gasteiger partial charge on any atom is 0.449 e. The Labute approximate surface area is 119 Å². The molecule has 1 aromatic carbocycles. The van der Waals surface area contributed by atoms with E-state index < -0.39 is 24.0 Å². The van der Waals surface area contributed by atoms with Gasteiger partial charge in [-0.15, -0.1) is 0 Å². The quantitative estimate of drug-likeness (QED) is 0.787. The van der Waals surface area contributed by atoms with Crippen molar-refractivity contribution in [3.8, 4) is 5.75 Å². The Kier molecular flexibility index (Phi) is 3.14. The zero-order valence-electron chi connectivity index (χ0n) is 11.4. The number of rotatable bonds is 2. The average molecular weight is 302 g/mol. The average Bonchev–Trinajstić information content (AvgIpc) is 2.79. The lowest BCUT2D eigenvalue weighted by molar-refractivity contribution is -0.370. The zero-order chi connectivity index (χ0) is 15.3. The lowest BCUT2D eigenvalue weighted by Crippen LogP contribution is -2.49. The van der Waals surface area contributed by atoms with E-state index in [1.807, 2.05) is 0 Å². The number of alkyl halides is 3. The number of ether oxygens (including phenoxy) is 4. The summed E-state index contributed by atoms with van der Waals surface area (Å²) in [4.78, 5) is 0. The van der Waals surface area contributed by atoms with Gasteiger partial charge in [0, 0.05) is 26.2 Å². The number of methoxy groups -OCH3 is 2. The van der Waals surface area contributed by atoms with Crippen molar-refractivity contribution >= 4 is 0 Å². The molecule has 0 aliphatic carbocycles. The van der Waals surface area contributed by atoms with Gasteiger partial charge in [-0.05, 0) is 11.6 Å². The lowest BCUT2D eigenvalue weighted by atomic mass is 9.95. The highest BCUT2D eigenvalue weighted by Gasteiger charge is 2.60. The Morgan fingerprint density at radius 2 is 1.86 bits per heavy atom. The summed E-state index contributed by atoms with van der Waals surface area (Å²) in [6, 6.07) is 6.89. The van der Waals surface area contributed by atoms with Gasteiger partial charge in [0.2, 0.25) is 11.9 Å². The first-order valence-corrected chi connectivity index (χ1v) is 6.25. The Balaban J connectivity index is 2.11. The summed E-state index contributed by atoms with van der Waals surface area (Å²) in [6.07, 6.45) is -5.66. The number of halogens is 3. The fraction of sp³-hybridized carbons (Fsp3) is 0.429. The third-order valence-corrected chi connectivity index (χ3v) is 3.60. The second-order valence-electron chi connectivity index (χ2n) is 4.75. The lowest BCUT2D eigenvalue weighted by Gasteiger charge is -2.34. The Hall–Kier alpha value is -1.73. The molecule has 2 aliphatic rings. The highest BCUT2D eigenvalue weighted by Crippen LogP contribution is 2.48. The molecular weight excluding hydrogens is 289 g/mol. The SMILES string of the molecule is COC1(OC)OC(C(F)(F)F)=C2Cc3ccccc3OC21. The predicted octanol–water partition coefficient (Wildman–Crippen LogP) is 2.78. The van der Waals surface area contributed by atoms with Gasteiger partial charge in [-0.3, -0.25) is 0 Å². The molecule has 2 heterocycles. The standard InChI is InChI=1S/C14H13F3O4/c1-18-14(19-2)12-9(11(21-14)13(15,16)17)7-8-5-3-4-6-10(8)20-12/h3-6,12H,7H2,1-2H3. The van der Waals surface area contributed by atoms with Crippen molar-refractivity contribution in [3.05, 3.63) is 41.2 Å². The van der Waals surface area contributed by atoms with Crippen LogP contribution >= 0.6 is 0 Å². The summed E-state index contributed by atoms with van der Waals surface area (Å²) in [5.74, 6) is -2.53. The minimum Gasteiger partial charge on any atom is -0.476 e. The molecule has 21 heavy (non-hydrogen) atoms. The van der Waals surface area contributed by atoms with Crippen molar-refractivity contribution in [3.63, 3.8) is 0 Å². The molecule has 7 heteroatoms.